The van der Waals surface area contributed by atoms with Gasteiger partial charge in [0.1, 0.15) is 0 Å². The summed E-state index contributed by atoms with van der Waals surface area (Å²) >= 11 is 1.67. The summed E-state index contributed by atoms with van der Waals surface area (Å²) in [5.41, 5.74) is 1.86. The SMILES string of the molecule is CSc1ccc(CN(C)C(=O)CCN2C(=O)c3ccccc3C2=O)cc1. The van der Waals surface area contributed by atoms with Gasteiger partial charge in [-0.15, -0.1) is 11.8 Å². The van der Waals surface area contributed by atoms with Crippen molar-refractivity contribution in [2.45, 2.75) is 17.9 Å². The first-order valence-corrected chi connectivity index (χ1v) is 9.56. The molecule has 0 saturated carbocycles. The van der Waals surface area contributed by atoms with Crippen LogP contribution in [0.2, 0.25) is 0 Å². The zero-order chi connectivity index (χ0) is 18.7. The van der Waals surface area contributed by atoms with Gasteiger partial charge in [-0.25, -0.2) is 0 Å². The Kier molecular flexibility index (Phi) is 5.42. The van der Waals surface area contributed by atoms with E-state index in [9.17, 15) is 14.4 Å². The Morgan fingerprint density at radius 1 is 1.00 bits per heavy atom. The Balaban J connectivity index is 1.57. The number of imide groups is 1. The molecule has 0 spiro atoms. The van der Waals surface area contributed by atoms with Crippen molar-refractivity contribution in [3.8, 4) is 0 Å². The molecular formula is C20H20N2O3S. The Labute approximate surface area is 157 Å². The van der Waals surface area contributed by atoms with Crippen molar-refractivity contribution >= 4 is 29.5 Å². The smallest absolute Gasteiger partial charge is 0.261 e. The van der Waals surface area contributed by atoms with Crippen molar-refractivity contribution in [2.24, 2.45) is 0 Å². The van der Waals surface area contributed by atoms with Crippen LogP contribution in [0, 0.1) is 0 Å². The molecule has 0 aromatic heterocycles. The summed E-state index contributed by atoms with van der Waals surface area (Å²) in [6.07, 6.45) is 2.13. The average Bonchev–Trinajstić information content (AvgIpc) is 2.91. The van der Waals surface area contributed by atoms with Crippen LogP contribution < -0.4 is 0 Å². The highest BCUT2D eigenvalue weighted by atomic mass is 32.2. The van der Waals surface area contributed by atoms with E-state index in [1.165, 1.54) is 4.90 Å². The van der Waals surface area contributed by atoms with Crippen LogP contribution >= 0.6 is 11.8 Å². The van der Waals surface area contributed by atoms with E-state index in [4.69, 9.17) is 0 Å². The molecule has 6 heteroatoms. The fourth-order valence-electron chi connectivity index (χ4n) is 2.93. The zero-order valence-electron chi connectivity index (χ0n) is 14.8. The van der Waals surface area contributed by atoms with Crippen molar-refractivity contribution in [3.63, 3.8) is 0 Å². The number of fused-ring (bicyclic) bond motifs is 1. The summed E-state index contributed by atoms with van der Waals surface area (Å²) in [6, 6.07) is 14.8. The number of hydrogen-bond acceptors (Lipinski definition) is 4. The normalized spacial score (nSPS) is 13.1. The maximum Gasteiger partial charge on any atom is 0.261 e. The Morgan fingerprint density at radius 2 is 1.58 bits per heavy atom. The molecule has 1 aliphatic heterocycles. The van der Waals surface area contributed by atoms with Crippen molar-refractivity contribution in [1.82, 2.24) is 9.80 Å². The molecule has 0 radical (unpaired) electrons. The third-order valence-electron chi connectivity index (χ3n) is 4.43. The number of hydrogen-bond donors (Lipinski definition) is 0. The van der Waals surface area contributed by atoms with Gasteiger partial charge in [-0.1, -0.05) is 24.3 Å². The molecule has 2 aromatic rings. The molecule has 0 aliphatic carbocycles. The van der Waals surface area contributed by atoms with Crippen molar-refractivity contribution in [2.75, 3.05) is 19.8 Å². The van der Waals surface area contributed by atoms with E-state index < -0.39 is 0 Å². The maximum absolute atomic E-state index is 12.4. The number of benzene rings is 2. The lowest BCUT2D eigenvalue weighted by atomic mass is 10.1. The quantitative estimate of drug-likeness (QED) is 0.581. The lowest BCUT2D eigenvalue weighted by Gasteiger charge is -2.19. The van der Waals surface area contributed by atoms with Gasteiger partial charge in [0, 0.05) is 31.5 Å². The third-order valence-corrected chi connectivity index (χ3v) is 5.18. The second-order valence-electron chi connectivity index (χ2n) is 6.16. The molecule has 0 saturated heterocycles. The van der Waals surface area contributed by atoms with Gasteiger partial charge in [0.05, 0.1) is 11.1 Å². The van der Waals surface area contributed by atoms with Crippen LogP contribution in [0.1, 0.15) is 32.7 Å². The van der Waals surface area contributed by atoms with Gasteiger partial charge < -0.3 is 4.90 Å². The second-order valence-corrected chi connectivity index (χ2v) is 7.04. The summed E-state index contributed by atoms with van der Waals surface area (Å²) in [4.78, 5) is 41.0. The fourth-order valence-corrected chi connectivity index (χ4v) is 3.34. The van der Waals surface area contributed by atoms with Gasteiger partial charge in [0.25, 0.3) is 11.8 Å². The van der Waals surface area contributed by atoms with E-state index in [2.05, 4.69) is 0 Å². The molecule has 5 nitrogen and oxygen atoms in total. The van der Waals surface area contributed by atoms with Gasteiger partial charge >= 0.3 is 0 Å². The summed E-state index contributed by atoms with van der Waals surface area (Å²) in [5.74, 6) is -0.752. The van der Waals surface area contributed by atoms with Gasteiger partial charge in [0.15, 0.2) is 0 Å². The van der Waals surface area contributed by atoms with Crippen molar-refractivity contribution < 1.29 is 14.4 Å². The average molecular weight is 368 g/mol. The minimum Gasteiger partial charge on any atom is -0.341 e. The lowest BCUT2D eigenvalue weighted by Crippen LogP contribution is -2.35. The molecule has 0 atom stereocenters. The first-order chi connectivity index (χ1) is 12.5. The molecule has 0 N–H and O–H groups in total. The number of rotatable bonds is 6. The molecule has 3 amide bonds. The Hall–Kier alpha value is -2.60. The lowest BCUT2D eigenvalue weighted by molar-refractivity contribution is -0.130. The van der Waals surface area contributed by atoms with Crippen LogP contribution in [0.4, 0.5) is 0 Å². The molecule has 134 valence electrons. The van der Waals surface area contributed by atoms with Crippen LogP contribution in [0.3, 0.4) is 0 Å². The minimum absolute atomic E-state index is 0.0981. The van der Waals surface area contributed by atoms with Crippen LogP contribution in [0.5, 0.6) is 0 Å². The highest BCUT2D eigenvalue weighted by Gasteiger charge is 2.35. The highest BCUT2D eigenvalue weighted by molar-refractivity contribution is 7.98. The van der Waals surface area contributed by atoms with Crippen LogP contribution in [-0.2, 0) is 11.3 Å². The van der Waals surface area contributed by atoms with Crippen molar-refractivity contribution in [1.29, 1.82) is 0 Å². The molecule has 0 unspecified atom stereocenters. The molecule has 3 rings (SSSR count). The van der Waals surface area contributed by atoms with Gasteiger partial charge in [-0.05, 0) is 36.1 Å². The monoisotopic (exact) mass is 368 g/mol. The maximum atomic E-state index is 12.4. The first-order valence-electron chi connectivity index (χ1n) is 8.33. The van der Waals surface area contributed by atoms with E-state index in [0.717, 1.165) is 10.5 Å². The van der Waals surface area contributed by atoms with Crippen molar-refractivity contribution in [3.05, 3.63) is 65.2 Å². The van der Waals surface area contributed by atoms with E-state index in [1.54, 1.807) is 48.0 Å². The van der Waals surface area contributed by atoms with E-state index in [1.807, 2.05) is 30.5 Å². The molecular weight excluding hydrogens is 348 g/mol. The summed E-state index contributed by atoms with van der Waals surface area (Å²) < 4.78 is 0. The summed E-state index contributed by atoms with van der Waals surface area (Å²) in [7, 11) is 1.73. The molecule has 26 heavy (non-hydrogen) atoms. The van der Waals surface area contributed by atoms with Gasteiger partial charge in [-0.3, -0.25) is 19.3 Å². The van der Waals surface area contributed by atoms with E-state index in [-0.39, 0.29) is 30.7 Å². The molecule has 0 bridgehead atoms. The number of carbonyl (C=O) groups excluding carboxylic acids is 3. The summed E-state index contributed by atoms with van der Waals surface area (Å²) in [6.45, 7) is 0.594. The van der Waals surface area contributed by atoms with Crippen LogP contribution in [0.15, 0.2) is 53.4 Å². The van der Waals surface area contributed by atoms with E-state index in [0.29, 0.717) is 17.7 Å². The van der Waals surface area contributed by atoms with Gasteiger partial charge in [-0.2, -0.15) is 0 Å². The Bertz CT molecular complexity index is 813. The molecule has 0 fully saturated rings. The molecule has 1 heterocycles. The number of carbonyl (C=O) groups is 3. The van der Waals surface area contributed by atoms with Gasteiger partial charge in [0.2, 0.25) is 5.91 Å². The fraction of sp³-hybridized carbons (Fsp3) is 0.250. The number of nitrogens with zero attached hydrogens (tertiary/aromatic N) is 2. The van der Waals surface area contributed by atoms with E-state index >= 15 is 0 Å². The largest absolute Gasteiger partial charge is 0.341 e. The highest BCUT2D eigenvalue weighted by Crippen LogP contribution is 2.22. The molecule has 1 aliphatic rings. The zero-order valence-corrected chi connectivity index (χ0v) is 15.6. The third kappa shape index (κ3) is 3.65. The molecule has 2 aromatic carbocycles. The predicted octanol–water partition coefficient (Wildman–Crippen LogP) is 3.05. The first kappa shape index (κ1) is 18.2. The van der Waals surface area contributed by atoms with Crippen LogP contribution in [-0.4, -0.2) is 47.4 Å². The minimum atomic E-state index is -0.325. The summed E-state index contributed by atoms with van der Waals surface area (Å²) in [5, 5.41) is 0. The standard InChI is InChI=1S/C20H20N2O3S/c1-21(13-14-7-9-15(26-2)10-8-14)18(23)11-12-22-19(24)16-5-3-4-6-17(16)20(22)25/h3-10H,11-13H2,1-2H3. The number of thioether (sulfide) groups is 1. The van der Waals surface area contributed by atoms with Crippen LogP contribution in [0.25, 0.3) is 0 Å². The Morgan fingerprint density at radius 3 is 2.12 bits per heavy atom. The second kappa shape index (κ2) is 7.74. The topological polar surface area (TPSA) is 57.7 Å². The predicted molar refractivity (Wildman–Crippen MR) is 101 cm³/mol. The number of amides is 3.